The fourth-order valence-electron chi connectivity index (χ4n) is 7.01. The summed E-state index contributed by atoms with van der Waals surface area (Å²) in [5, 5.41) is 0.866. The molecule has 5 rings (SSSR count). The molecule has 13 nitrogen and oxygen atoms in total. The Labute approximate surface area is 304 Å². The molecule has 14 heteroatoms. The number of amides is 2. The van der Waals surface area contributed by atoms with Crippen molar-refractivity contribution in [3.63, 3.8) is 0 Å². The Bertz CT molecular complexity index is 1880. The molecule has 52 heavy (non-hydrogen) atoms. The highest BCUT2D eigenvalue weighted by molar-refractivity contribution is 7.90. The first-order valence-electron chi connectivity index (χ1n) is 17.8. The second-order valence-electron chi connectivity index (χ2n) is 15.4. The molecule has 3 fully saturated rings. The van der Waals surface area contributed by atoms with E-state index in [-0.39, 0.29) is 43.2 Å². The van der Waals surface area contributed by atoms with E-state index < -0.39 is 80.1 Å². The van der Waals surface area contributed by atoms with Crippen LogP contribution in [0.3, 0.4) is 0 Å². The molecule has 1 saturated heterocycles. The van der Waals surface area contributed by atoms with E-state index in [4.69, 9.17) is 14.2 Å². The second kappa shape index (κ2) is 15.0. The maximum Gasteiger partial charge on any atom is 0.307 e. The van der Waals surface area contributed by atoms with Crippen LogP contribution in [-0.4, -0.2) is 84.3 Å². The van der Waals surface area contributed by atoms with Gasteiger partial charge in [-0.3, -0.25) is 28.7 Å². The Morgan fingerprint density at radius 1 is 1.12 bits per heavy atom. The lowest BCUT2D eigenvalue weighted by Crippen LogP contribution is -2.47. The van der Waals surface area contributed by atoms with Gasteiger partial charge in [0.2, 0.25) is 27.7 Å². The number of ketones is 2. The molecular formula is C38H49N3O10S. The number of benzene rings is 1. The number of methoxy groups -OCH3 is 1. The Morgan fingerprint density at radius 2 is 1.83 bits per heavy atom. The van der Waals surface area contributed by atoms with Crippen LogP contribution in [0.25, 0.3) is 10.8 Å². The average Bonchev–Trinajstić information content (AvgIpc) is 3.99. The first-order valence-corrected chi connectivity index (χ1v) is 19.3. The fraction of sp³-hybridized carbons (Fsp3) is 0.579. The van der Waals surface area contributed by atoms with Crippen molar-refractivity contribution in [2.75, 3.05) is 13.7 Å². The molecule has 2 heterocycles. The number of likely N-dealkylation sites (tertiary alicyclic amines) is 1. The van der Waals surface area contributed by atoms with E-state index in [0.717, 1.165) is 5.39 Å². The largest absolute Gasteiger partial charge is 0.497 e. The monoisotopic (exact) mass is 739 g/mol. The fourth-order valence-corrected chi connectivity index (χ4v) is 8.40. The minimum Gasteiger partial charge on any atom is -0.497 e. The van der Waals surface area contributed by atoms with Gasteiger partial charge in [0.05, 0.1) is 42.7 Å². The van der Waals surface area contributed by atoms with Gasteiger partial charge in [-0.15, -0.1) is 0 Å². The number of hydrogen-bond acceptors (Lipinski definition) is 11. The summed E-state index contributed by atoms with van der Waals surface area (Å²) in [5.74, 6) is -3.30. The molecule has 2 amide bonds. The van der Waals surface area contributed by atoms with Crippen LogP contribution in [0.5, 0.6) is 11.6 Å². The van der Waals surface area contributed by atoms with Gasteiger partial charge >= 0.3 is 5.97 Å². The van der Waals surface area contributed by atoms with Crippen LogP contribution in [0.15, 0.2) is 42.6 Å². The summed E-state index contributed by atoms with van der Waals surface area (Å²) in [5.41, 5.74) is -1.86. The van der Waals surface area contributed by atoms with Gasteiger partial charge in [0, 0.05) is 30.8 Å². The predicted molar refractivity (Wildman–Crippen MR) is 192 cm³/mol. The van der Waals surface area contributed by atoms with E-state index in [1.54, 1.807) is 52.3 Å². The van der Waals surface area contributed by atoms with Crippen molar-refractivity contribution in [2.24, 2.45) is 17.3 Å². The zero-order chi connectivity index (χ0) is 38.2. The van der Waals surface area contributed by atoms with Gasteiger partial charge in [-0.2, -0.15) is 0 Å². The second-order valence-corrected chi connectivity index (χ2v) is 17.3. The molecule has 0 unspecified atom stereocenters. The van der Waals surface area contributed by atoms with Crippen molar-refractivity contribution >= 4 is 50.1 Å². The third kappa shape index (κ3) is 8.82. The molecule has 0 bridgehead atoms. The number of rotatable bonds is 16. The number of carbonyl (C=O) groups is 5. The van der Waals surface area contributed by atoms with Crippen LogP contribution in [0.4, 0.5) is 0 Å². The van der Waals surface area contributed by atoms with Gasteiger partial charge in [0.25, 0.3) is 0 Å². The van der Waals surface area contributed by atoms with Crippen LogP contribution in [-0.2, 0) is 38.7 Å². The number of aromatic nitrogens is 1. The number of carbonyl (C=O) groups excluding carboxylic acids is 5. The normalized spacial score (nSPS) is 23.4. The molecule has 1 aromatic heterocycles. The number of ether oxygens (including phenoxy) is 3. The number of esters is 1. The highest BCUT2D eigenvalue weighted by Gasteiger charge is 2.61. The van der Waals surface area contributed by atoms with Crippen LogP contribution in [0.2, 0.25) is 0 Å². The topological polar surface area (TPSA) is 175 Å². The summed E-state index contributed by atoms with van der Waals surface area (Å²) >= 11 is 0. The summed E-state index contributed by atoms with van der Waals surface area (Å²) in [4.78, 5) is 74.0. The molecule has 3 aliphatic rings. The van der Waals surface area contributed by atoms with E-state index in [9.17, 15) is 32.4 Å². The number of fused-ring (bicyclic) bond motifs is 1. The zero-order valence-corrected chi connectivity index (χ0v) is 31.5. The van der Waals surface area contributed by atoms with Crippen LogP contribution in [0, 0.1) is 17.3 Å². The average molecular weight is 740 g/mol. The molecule has 0 radical (unpaired) electrons. The first kappa shape index (κ1) is 38.9. The summed E-state index contributed by atoms with van der Waals surface area (Å²) in [6.45, 7) is 12.1. The molecule has 1 aliphatic heterocycles. The van der Waals surface area contributed by atoms with Crippen LogP contribution >= 0.6 is 0 Å². The van der Waals surface area contributed by atoms with E-state index in [0.29, 0.717) is 36.8 Å². The van der Waals surface area contributed by atoms with Gasteiger partial charge in [-0.25, -0.2) is 13.4 Å². The number of pyridine rings is 1. The van der Waals surface area contributed by atoms with Crippen molar-refractivity contribution < 1.29 is 46.6 Å². The lowest BCUT2D eigenvalue weighted by Gasteiger charge is -2.29. The number of allylic oxidation sites excluding steroid dienone is 1. The SMILES string of the molecule is C=C(C)C(=O)C[C@H](CC(=O)OC(C)(C)C)C(=O)N1C[C@H](Oc2nccc3cc(OC)ccc23)C[C@H]1C(=O)C[C@]1(C(=O)NS(=O)(=O)C2CC2)C[C@H]1CC. The van der Waals surface area contributed by atoms with Crippen molar-refractivity contribution in [3.8, 4) is 11.6 Å². The number of sulfonamides is 1. The Balaban J connectivity index is 1.45. The predicted octanol–water partition coefficient (Wildman–Crippen LogP) is 4.46. The highest BCUT2D eigenvalue weighted by atomic mass is 32.2. The molecule has 1 aromatic carbocycles. The Hall–Kier alpha value is -4.33. The van der Waals surface area contributed by atoms with Crippen molar-refractivity contribution in [2.45, 2.75) is 109 Å². The van der Waals surface area contributed by atoms with E-state index in [2.05, 4.69) is 16.3 Å². The zero-order valence-electron chi connectivity index (χ0n) is 30.7. The van der Waals surface area contributed by atoms with Crippen LogP contribution < -0.4 is 14.2 Å². The van der Waals surface area contributed by atoms with Gasteiger partial charge in [0.1, 0.15) is 17.5 Å². The van der Waals surface area contributed by atoms with Crippen LogP contribution in [0.1, 0.15) is 86.0 Å². The Morgan fingerprint density at radius 3 is 2.42 bits per heavy atom. The van der Waals surface area contributed by atoms with Crippen molar-refractivity contribution in [3.05, 3.63) is 42.6 Å². The van der Waals surface area contributed by atoms with Gasteiger partial charge in [-0.05, 0) is 88.1 Å². The van der Waals surface area contributed by atoms with Gasteiger partial charge < -0.3 is 19.1 Å². The van der Waals surface area contributed by atoms with E-state index >= 15 is 0 Å². The quantitative estimate of drug-likeness (QED) is 0.190. The van der Waals surface area contributed by atoms with Gasteiger partial charge in [0.15, 0.2) is 11.6 Å². The number of Topliss-reactive ketones (excluding diaryl/α,β-unsaturated/α-hetero) is 2. The smallest absolute Gasteiger partial charge is 0.307 e. The lowest BCUT2D eigenvalue weighted by atomic mass is 9.90. The number of nitrogens with zero attached hydrogens (tertiary/aromatic N) is 2. The maximum absolute atomic E-state index is 14.4. The molecule has 2 aromatic rings. The van der Waals surface area contributed by atoms with Crippen molar-refractivity contribution in [1.29, 1.82) is 0 Å². The summed E-state index contributed by atoms with van der Waals surface area (Å²) in [6, 6.07) is 6.11. The third-order valence-electron chi connectivity index (χ3n) is 10.1. The summed E-state index contributed by atoms with van der Waals surface area (Å²) < 4.78 is 44.9. The third-order valence-corrected chi connectivity index (χ3v) is 11.9. The molecule has 2 saturated carbocycles. The minimum absolute atomic E-state index is 0.0429. The Kier molecular flexibility index (Phi) is 11.2. The standard InChI is InChI=1S/C38H49N3O10S/c1-8-25-19-38(25,36(46)40-52(47,48)28-10-11-28)20-32(43)30-18-27(50-34-29-12-9-26(49-7)15-23(29)13-14-39-34)21-41(30)35(45)24(16-31(42)22(2)3)17-33(44)51-37(4,5)6/h9,12-15,24-25,27-28,30H,2,8,10-11,16-21H2,1,3-7H3,(H,40,46)/t24-,25-,27-,30+,38-/m1/s1. The molecule has 2 aliphatic carbocycles. The van der Waals surface area contributed by atoms with E-state index in [1.165, 1.54) is 11.8 Å². The molecule has 282 valence electrons. The molecular weight excluding hydrogens is 690 g/mol. The number of nitrogens with one attached hydrogen (secondary N) is 1. The first-order chi connectivity index (χ1) is 24.4. The summed E-state index contributed by atoms with van der Waals surface area (Å²) in [6.07, 6.45) is 1.72. The number of hydrogen-bond donors (Lipinski definition) is 1. The lowest BCUT2D eigenvalue weighted by molar-refractivity contribution is -0.159. The minimum atomic E-state index is -3.85. The highest BCUT2D eigenvalue weighted by Crippen LogP contribution is 2.58. The van der Waals surface area contributed by atoms with Gasteiger partial charge in [-0.1, -0.05) is 19.9 Å². The maximum atomic E-state index is 14.4. The molecule has 1 N–H and O–H groups in total. The molecule has 0 spiro atoms. The van der Waals surface area contributed by atoms with Crippen molar-refractivity contribution in [1.82, 2.24) is 14.6 Å². The summed E-state index contributed by atoms with van der Waals surface area (Å²) in [7, 11) is -2.29. The van der Waals surface area contributed by atoms with E-state index in [1.807, 2.05) is 13.0 Å². The molecule has 5 atom stereocenters.